The van der Waals surface area contributed by atoms with E-state index in [1.54, 1.807) is 42.6 Å². The number of pyridine rings is 1. The van der Waals surface area contributed by atoms with E-state index in [4.69, 9.17) is 11.0 Å². The van der Waals surface area contributed by atoms with Gasteiger partial charge < -0.3 is 21.3 Å². The van der Waals surface area contributed by atoms with Gasteiger partial charge in [-0.05, 0) is 42.7 Å². The monoisotopic (exact) mass is 506 g/mol. The van der Waals surface area contributed by atoms with Crippen LogP contribution in [0, 0.1) is 11.3 Å². The molecular formula is C24H26N8O3S. The SMILES string of the molecule is CS(=O)(=O)Cc1ccc(Nc2cc(NC3CCN(c4ccc(C#N)cn4)CC3)c(C(N)=O)nn2)cc1. The van der Waals surface area contributed by atoms with Crippen LogP contribution in [-0.2, 0) is 15.6 Å². The highest BCUT2D eigenvalue weighted by molar-refractivity contribution is 7.89. The van der Waals surface area contributed by atoms with E-state index in [1.807, 2.05) is 6.07 Å². The molecule has 0 spiro atoms. The number of nitrogens with zero attached hydrogens (tertiary/aromatic N) is 5. The Bertz CT molecular complexity index is 1380. The quantitative estimate of drug-likeness (QED) is 0.412. The summed E-state index contributed by atoms with van der Waals surface area (Å²) in [6.07, 6.45) is 4.35. The fraction of sp³-hybridized carbons (Fsp3) is 0.292. The van der Waals surface area contributed by atoms with Gasteiger partial charge in [-0.15, -0.1) is 10.2 Å². The fourth-order valence-corrected chi connectivity index (χ4v) is 4.79. The van der Waals surface area contributed by atoms with Gasteiger partial charge in [-0.25, -0.2) is 13.4 Å². The molecule has 186 valence electrons. The average Bonchev–Trinajstić information content (AvgIpc) is 2.85. The number of aromatic nitrogens is 3. The van der Waals surface area contributed by atoms with Gasteiger partial charge in [0.1, 0.15) is 11.9 Å². The van der Waals surface area contributed by atoms with Crippen LogP contribution in [0.5, 0.6) is 0 Å². The minimum Gasteiger partial charge on any atom is -0.380 e. The van der Waals surface area contributed by atoms with E-state index in [0.29, 0.717) is 28.3 Å². The average molecular weight is 507 g/mol. The topological polar surface area (TPSA) is 167 Å². The van der Waals surface area contributed by atoms with Gasteiger partial charge in [-0.3, -0.25) is 4.79 Å². The molecule has 1 aliphatic heterocycles. The van der Waals surface area contributed by atoms with Gasteiger partial charge in [0.15, 0.2) is 21.3 Å². The maximum atomic E-state index is 11.9. The summed E-state index contributed by atoms with van der Waals surface area (Å²) < 4.78 is 23.0. The molecule has 1 amide bonds. The Kier molecular flexibility index (Phi) is 7.30. The van der Waals surface area contributed by atoms with Crippen molar-refractivity contribution in [2.75, 3.05) is 34.9 Å². The zero-order valence-corrected chi connectivity index (χ0v) is 20.5. The maximum absolute atomic E-state index is 11.9. The molecule has 4 rings (SSSR count). The fourth-order valence-electron chi connectivity index (χ4n) is 3.99. The van der Waals surface area contributed by atoms with E-state index in [2.05, 4.69) is 36.8 Å². The number of sulfone groups is 1. The van der Waals surface area contributed by atoms with Crippen LogP contribution in [0.1, 0.15) is 34.5 Å². The van der Waals surface area contributed by atoms with Crippen LogP contribution in [0.4, 0.5) is 23.0 Å². The minimum absolute atomic E-state index is 0.0332. The first-order valence-electron chi connectivity index (χ1n) is 11.3. The number of benzene rings is 1. The molecule has 4 N–H and O–H groups in total. The van der Waals surface area contributed by atoms with Crippen LogP contribution >= 0.6 is 0 Å². The summed E-state index contributed by atoms with van der Waals surface area (Å²) in [4.78, 5) is 18.5. The molecule has 12 heteroatoms. The molecule has 3 aromatic rings. The highest BCUT2D eigenvalue weighted by Crippen LogP contribution is 2.25. The molecule has 1 fully saturated rings. The van der Waals surface area contributed by atoms with E-state index in [0.717, 1.165) is 31.7 Å². The summed E-state index contributed by atoms with van der Waals surface area (Å²) >= 11 is 0. The number of hydrogen-bond donors (Lipinski definition) is 3. The van der Waals surface area contributed by atoms with E-state index < -0.39 is 15.7 Å². The van der Waals surface area contributed by atoms with Crippen LogP contribution < -0.4 is 21.3 Å². The summed E-state index contributed by atoms with van der Waals surface area (Å²) in [5, 5.41) is 23.5. The number of rotatable bonds is 8. The maximum Gasteiger partial charge on any atom is 0.271 e. The molecule has 2 aromatic heterocycles. The van der Waals surface area contributed by atoms with E-state index in [9.17, 15) is 13.2 Å². The van der Waals surface area contributed by atoms with Gasteiger partial charge in [0.25, 0.3) is 5.91 Å². The molecule has 3 heterocycles. The predicted octanol–water partition coefficient (Wildman–Crippen LogP) is 2.21. The molecular weight excluding hydrogens is 480 g/mol. The van der Waals surface area contributed by atoms with Crippen molar-refractivity contribution in [3.8, 4) is 6.07 Å². The summed E-state index contributed by atoms with van der Waals surface area (Å²) in [6.45, 7) is 1.51. The Labute approximate surface area is 209 Å². The number of nitriles is 1. The van der Waals surface area contributed by atoms with Crippen molar-refractivity contribution in [2.24, 2.45) is 5.73 Å². The summed E-state index contributed by atoms with van der Waals surface area (Å²) in [7, 11) is -3.12. The molecule has 0 radical (unpaired) electrons. The first-order chi connectivity index (χ1) is 17.2. The van der Waals surface area contributed by atoms with Crippen molar-refractivity contribution >= 4 is 38.8 Å². The number of carbonyl (C=O) groups excluding carboxylic acids is 1. The lowest BCUT2D eigenvalue weighted by Crippen LogP contribution is -2.40. The molecule has 11 nitrogen and oxygen atoms in total. The number of carbonyl (C=O) groups is 1. The summed E-state index contributed by atoms with van der Waals surface area (Å²) in [5.74, 6) is 0.525. The molecule has 0 saturated carbocycles. The van der Waals surface area contributed by atoms with Crippen LogP contribution in [-0.4, -0.2) is 54.9 Å². The zero-order valence-electron chi connectivity index (χ0n) is 19.7. The Morgan fingerprint density at radius 2 is 1.89 bits per heavy atom. The standard InChI is InChI=1S/C24H26N8O3S/c1-36(34,35)15-16-2-5-18(6-3-16)29-21-12-20(23(24(26)33)31-30-21)28-19-8-10-32(11-9-19)22-7-4-17(13-25)14-27-22/h2-7,12,14,19H,8-11,15H2,1H3,(H2,26,33)(H2,28,29,30). The highest BCUT2D eigenvalue weighted by atomic mass is 32.2. The second-order valence-electron chi connectivity index (χ2n) is 8.67. The summed E-state index contributed by atoms with van der Waals surface area (Å²) in [6, 6.07) is 14.4. The third-order valence-electron chi connectivity index (χ3n) is 5.74. The Morgan fingerprint density at radius 3 is 2.47 bits per heavy atom. The normalized spacial score (nSPS) is 14.2. The minimum atomic E-state index is -3.12. The van der Waals surface area contributed by atoms with E-state index in [1.165, 1.54) is 6.26 Å². The largest absolute Gasteiger partial charge is 0.380 e. The molecule has 1 aliphatic rings. The first-order valence-corrected chi connectivity index (χ1v) is 13.3. The Hall–Kier alpha value is -4.24. The number of nitrogens with one attached hydrogen (secondary N) is 2. The third kappa shape index (κ3) is 6.45. The van der Waals surface area contributed by atoms with Crippen molar-refractivity contribution in [1.29, 1.82) is 5.26 Å². The van der Waals surface area contributed by atoms with E-state index in [-0.39, 0.29) is 17.5 Å². The molecule has 0 aliphatic carbocycles. The molecule has 0 unspecified atom stereocenters. The van der Waals surface area contributed by atoms with Crippen molar-refractivity contribution in [3.63, 3.8) is 0 Å². The van der Waals surface area contributed by atoms with Gasteiger partial charge in [-0.1, -0.05) is 12.1 Å². The highest BCUT2D eigenvalue weighted by Gasteiger charge is 2.22. The third-order valence-corrected chi connectivity index (χ3v) is 6.60. The van der Waals surface area contributed by atoms with Crippen LogP contribution in [0.15, 0.2) is 48.7 Å². The number of primary amides is 1. The molecule has 36 heavy (non-hydrogen) atoms. The molecule has 0 bridgehead atoms. The number of hydrogen-bond acceptors (Lipinski definition) is 10. The Morgan fingerprint density at radius 1 is 1.17 bits per heavy atom. The van der Waals surface area contributed by atoms with Gasteiger partial charge in [0.2, 0.25) is 0 Å². The summed E-state index contributed by atoms with van der Waals surface area (Å²) in [5.41, 5.74) is 7.97. The predicted molar refractivity (Wildman–Crippen MR) is 137 cm³/mol. The van der Waals surface area contributed by atoms with Gasteiger partial charge >= 0.3 is 0 Å². The number of anilines is 4. The van der Waals surface area contributed by atoms with Crippen molar-refractivity contribution in [2.45, 2.75) is 24.6 Å². The second-order valence-corrected chi connectivity index (χ2v) is 10.8. The van der Waals surface area contributed by atoms with E-state index >= 15 is 0 Å². The van der Waals surface area contributed by atoms with Gasteiger partial charge in [-0.2, -0.15) is 5.26 Å². The lowest BCUT2D eigenvalue weighted by molar-refractivity contribution is 0.0995. The van der Waals surface area contributed by atoms with Gasteiger partial charge in [0.05, 0.1) is 17.0 Å². The number of piperidine rings is 1. The molecule has 1 aromatic carbocycles. The second kappa shape index (κ2) is 10.6. The van der Waals surface area contributed by atoms with Crippen LogP contribution in [0.3, 0.4) is 0 Å². The van der Waals surface area contributed by atoms with Crippen molar-refractivity contribution in [1.82, 2.24) is 15.2 Å². The zero-order chi connectivity index (χ0) is 25.7. The van der Waals surface area contributed by atoms with Crippen molar-refractivity contribution in [3.05, 3.63) is 65.5 Å². The van der Waals surface area contributed by atoms with Gasteiger partial charge in [0, 0.05) is 43.3 Å². The number of nitrogens with two attached hydrogens (primary N) is 1. The molecule has 1 saturated heterocycles. The Balaban J connectivity index is 1.42. The molecule has 0 atom stereocenters. The number of amides is 1. The first kappa shape index (κ1) is 24.9. The van der Waals surface area contributed by atoms with Crippen molar-refractivity contribution < 1.29 is 13.2 Å². The lowest BCUT2D eigenvalue weighted by atomic mass is 10.0. The smallest absolute Gasteiger partial charge is 0.271 e. The lowest BCUT2D eigenvalue weighted by Gasteiger charge is -2.33. The van der Waals surface area contributed by atoms with Crippen LogP contribution in [0.2, 0.25) is 0 Å². The van der Waals surface area contributed by atoms with Crippen LogP contribution in [0.25, 0.3) is 0 Å².